The molecule has 0 unspecified atom stereocenters. The number of ether oxygens (including phenoxy) is 2. The topological polar surface area (TPSA) is 55.8 Å². The van der Waals surface area contributed by atoms with Crippen LogP contribution in [0.1, 0.15) is 15.9 Å². The van der Waals surface area contributed by atoms with E-state index < -0.39 is 5.97 Å². The van der Waals surface area contributed by atoms with Crippen LogP contribution in [0.15, 0.2) is 42.5 Å². The van der Waals surface area contributed by atoms with E-state index in [-0.39, 0.29) is 18.8 Å². The highest BCUT2D eigenvalue weighted by Crippen LogP contribution is 2.24. The molecule has 0 aliphatic carbocycles. The summed E-state index contributed by atoms with van der Waals surface area (Å²) in [6.07, 6.45) is 0. The third kappa shape index (κ3) is 3.89. The number of hydrogen-bond acceptors (Lipinski definition) is 3. The van der Waals surface area contributed by atoms with Crippen LogP contribution in [-0.4, -0.2) is 24.3 Å². The molecule has 0 aromatic heterocycles. The number of carboxylic acids is 1. The predicted octanol–water partition coefficient (Wildman–Crippen LogP) is 3.80. The zero-order valence-corrected chi connectivity index (χ0v) is 12.3. The van der Waals surface area contributed by atoms with Crippen LogP contribution < -0.4 is 9.47 Å². The molecule has 110 valence electrons. The van der Waals surface area contributed by atoms with Gasteiger partial charge in [0, 0.05) is 0 Å². The van der Waals surface area contributed by atoms with Gasteiger partial charge in [0.25, 0.3) is 0 Å². The van der Waals surface area contributed by atoms with E-state index >= 15 is 0 Å². The average Bonchev–Trinajstić information content (AvgIpc) is 2.46. The molecule has 0 saturated carbocycles. The van der Waals surface area contributed by atoms with Gasteiger partial charge in [0.15, 0.2) is 0 Å². The SMILES string of the molecule is Cc1cccc(C(=O)O)c1OCCOc1ccccc1Cl. The van der Waals surface area contributed by atoms with Crippen LogP contribution in [0.4, 0.5) is 0 Å². The first kappa shape index (κ1) is 15.2. The van der Waals surface area contributed by atoms with E-state index in [0.717, 1.165) is 5.56 Å². The average molecular weight is 307 g/mol. The molecule has 0 atom stereocenters. The minimum atomic E-state index is -1.01. The molecule has 2 aromatic carbocycles. The Labute approximate surface area is 127 Å². The standard InChI is InChI=1S/C16H15ClO4/c1-11-5-4-6-12(16(18)19)15(11)21-10-9-20-14-8-3-2-7-13(14)17/h2-8H,9-10H2,1H3,(H,18,19). The Morgan fingerprint density at radius 1 is 1.10 bits per heavy atom. The fourth-order valence-electron chi connectivity index (χ4n) is 1.87. The van der Waals surface area contributed by atoms with E-state index in [9.17, 15) is 4.79 Å². The summed E-state index contributed by atoms with van der Waals surface area (Å²) in [5, 5.41) is 9.66. The minimum absolute atomic E-state index is 0.146. The van der Waals surface area contributed by atoms with Gasteiger partial charge in [-0.25, -0.2) is 4.79 Å². The van der Waals surface area contributed by atoms with Gasteiger partial charge in [-0.3, -0.25) is 0 Å². The maximum atomic E-state index is 11.1. The van der Waals surface area contributed by atoms with Gasteiger partial charge in [0.05, 0.1) is 5.02 Å². The number of benzene rings is 2. The molecule has 2 rings (SSSR count). The number of rotatable bonds is 6. The molecule has 2 aromatic rings. The van der Waals surface area contributed by atoms with E-state index in [0.29, 0.717) is 16.5 Å². The number of para-hydroxylation sites is 2. The van der Waals surface area contributed by atoms with E-state index in [1.165, 1.54) is 6.07 Å². The Balaban J connectivity index is 1.95. The molecule has 0 aliphatic rings. The first-order chi connectivity index (χ1) is 10.1. The lowest BCUT2D eigenvalue weighted by Crippen LogP contribution is -2.12. The lowest BCUT2D eigenvalue weighted by molar-refractivity contribution is 0.0691. The Bertz CT molecular complexity index is 640. The van der Waals surface area contributed by atoms with Gasteiger partial charge in [-0.05, 0) is 30.7 Å². The second-order valence-corrected chi connectivity index (χ2v) is 4.79. The van der Waals surface area contributed by atoms with Gasteiger partial charge in [-0.2, -0.15) is 0 Å². The molecule has 0 amide bonds. The van der Waals surface area contributed by atoms with E-state index in [4.69, 9.17) is 26.2 Å². The summed E-state index contributed by atoms with van der Waals surface area (Å²) >= 11 is 5.97. The molecule has 0 aliphatic heterocycles. The maximum Gasteiger partial charge on any atom is 0.339 e. The van der Waals surface area contributed by atoms with Crippen molar-refractivity contribution in [2.75, 3.05) is 13.2 Å². The summed E-state index contributed by atoms with van der Waals surface area (Å²) < 4.78 is 11.0. The minimum Gasteiger partial charge on any atom is -0.489 e. The second kappa shape index (κ2) is 6.99. The summed E-state index contributed by atoms with van der Waals surface area (Å²) in [6.45, 7) is 2.31. The number of hydrogen-bond donors (Lipinski definition) is 1. The molecular weight excluding hydrogens is 292 g/mol. The van der Waals surface area contributed by atoms with Crippen LogP contribution in [-0.2, 0) is 0 Å². The van der Waals surface area contributed by atoms with E-state index in [1.54, 1.807) is 31.2 Å². The Kier molecular flexibility index (Phi) is 5.06. The quantitative estimate of drug-likeness (QED) is 0.825. The number of aromatic carboxylic acids is 1. The second-order valence-electron chi connectivity index (χ2n) is 4.38. The molecule has 1 N–H and O–H groups in total. The summed E-state index contributed by atoms with van der Waals surface area (Å²) in [6, 6.07) is 12.1. The highest BCUT2D eigenvalue weighted by Gasteiger charge is 2.13. The number of carbonyl (C=O) groups is 1. The molecule has 0 radical (unpaired) electrons. The molecule has 0 heterocycles. The van der Waals surface area contributed by atoms with E-state index in [1.807, 2.05) is 12.1 Å². The summed E-state index contributed by atoms with van der Waals surface area (Å²) in [5.41, 5.74) is 0.917. The third-order valence-electron chi connectivity index (χ3n) is 2.87. The Morgan fingerprint density at radius 3 is 2.52 bits per heavy atom. The van der Waals surface area contributed by atoms with Gasteiger partial charge in [-0.1, -0.05) is 35.9 Å². The van der Waals surface area contributed by atoms with Gasteiger partial charge >= 0.3 is 5.97 Å². The molecule has 0 spiro atoms. The van der Waals surface area contributed by atoms with Crippen molar-refractivity contribution in [2.24, 2.45) is 0 Å². The van der Waals surface area contributed by atoms with Crippen molar-refractivity contribution in [3.05, 3.63) is 58.6 Å². The zero-order chi connectivity index (χ0) is 15.2. The van der Waals surface area contributed by atoms with Crippen molar-refractivity contribution in [1.29, 1.82) is 0 Å². The Morgan fingerprint density at radius 2 is 1.81 bits per heavy atom. The van der Waals surface area contributed by atoms with Crippen molar-refractivity contribution in [3.63, 3.8) is 0 Å². The number of halogens is 1. The fraction of sp³-hybridized carbons (Fsp3) is 0.188. The van der Waals surface area contributed by atoms with Gasteiger partial charge in [0.2, 0.25) is 0 Å². The summed E-state index contributed by atoms with van der Waals surface area (Å²) in [4.78, 5) is 11.1. The third-order valence-corrected chi connectivity index (χ3v) is 3.18. The largest absolute Gasteiger partial charge is 0.489 e. The van der Waals surface area contributed by atoms with Crippen LogP contribution in [0, 0.1) is 6.92 Å². The summed E-state index contributed by atoms with van der Waals surface area (Å²) in [5.74, 6) is -0.0699. The lowest BCUT2D eigenvalue weighted by Gasteiger charge is -2.13. The molecular formula is C16H15ClO4. The first-order valence-electron chi connectivity index (χ1n) is 6.42. The van der Waals surface area contributed by atoms with Gasteiger partial charge < -0.3 is 14.6 Å². The normalized spacial score (nSPS) is 10.2. The molecule has 0 bridgehead atoms. The summed E-state index contributed by atoms with van der Waals surface area (Å²) in [7, 11) is 0. The number of aryl methyl sites for hydroxylation is 1. The van der Waals surface area contributed by atoms with Crippen LogP contribution in [0.25, 0.3) is 0 Å². The van der Waals surface area contributed by atoms with E-state index in [2.05, 4.69) is 0 Å². The number of carboxylic acid groups (broad SMARTS) is 1. The van der Waals surface area contributed by atoms with Gasteiger partial charge in [0.1, 0.15) is 30.3 Å². The predicted molar refractivity (Wildman–Crippen MR) is 80.6 cm³/mol. The Hall–Kier alpha value is -2.20. The monoisotopic (exact) mass is 306 g/mol. The van der Waals surface area contributed by atoms with Crippen molar-refractivity contribution >= 4 is 17.6 Å². The first-order valence-corrected chi connectivity index (χ1v) is 6.80. The van der Waals surface area contributed by atoms with Crippen molar-refractivity contribution < 1.29 is 19.4 Å². The zero-order valence-electron chi connectivity index (χ0n) is 11.5. The molecule has 0 fully saturated rings. The van der Waals surface area contributed by atoms with Crippen molar-refractivity contribution in [3.8, 4) is 11.5 Å². The smallest absolute Gasteiger partial charge is 0.339 e. The highest BCUT2D eigenvalue weighted by atomic mass is 35.5. The van der Waals surface area contributed by atoms with Gasteiger partial charge in [-0.15, -0.1) is 0 Å². The van der Waals surface area contributed by atoms with Crippen LogP contribution in [0.5, 0.6) is 11.5 Å². The fourth-order valence-corrected chi connectivity index (χ4v) is 2.06. The van der Waals surface area contributed by atoms with Crippen molar-refractivity contribution in [2.45, 2.75) is 6.92 Å². The molecule has 0 saturated heterocycles. The van der Waals surface area contributed by atoms with Crippen LogP contribution in [0.2, 0.25) is 5.02 Å². The molecule has 21 heavy (non-hydrogen) atoms. The molecule has 4 nitrogen and oxygen atoms in total. The molecule has 5 heteroatoms. The van der Waals surface area contributed by atoms with Crippen molar-refractivity contribution in [1.82, 2.24) is 0 Å². The lowest BCUT2D eigenvalue weighted by atomic mass is 10.1. The highest BCUT2D eigenvalue weighted by molar-refractivity contribution is 6.32. The van der Waals surface area contributed by atoms with Crippen LogP contribution >= 0.6 is 11.6 Å². The maximum absolute atomic E-state index is 11.1. The van der Waals surface area contributed by atoms with Crippen LogP contribution in [0.3, 0.4) is 0 Å².